The van der Waals surface area contributed by atoms with Crippen LogP contribution in [0.2, 0.25) is 5.02 Å². The molecule has 2 N–H and O–H groups in total. The van der Waals surface area contributed by atoms with Crippen LogP contribution in [0.4, 0.5) is 17.1 Å². The monoisotopic (exact) mass is 432 g/mol. The zero-order valence-corrected chi connectivity index (χ0v) is 17.7. The molecule has 1 saturated heterocycles. The summed E-state index contributed by atoms with van der Waals surface area (Å²) in [5.74, 6) is -0.550. The van der Waals surface area contributed by atoms with E-state index in [1.54, 1.807) is 36.4 Å². The van der Waals surface area contributed by atoms with Crippen molar-refractivity contribution in [2.45, 2.75) is 19.4 Å². The number of benzene rings is 2. The first-order valence-corrected chi connectivity index (χ1v) is 10.1. The van der Waals surface area contributed by atoms with E-state index in [0.29, 0.717) is 42.6 Å². The number of halogens is 1. The Kier molecular flexibility index (Phi) is 6.60. The number of rotatable bonds is 6. The van der Waals surface area contributed by atoms with Gasteiger partial charge in [0.2, 0.25) is 0 Å². The summed E-state index contributed by atoms with van der Waals surface area (Å²) in [6, 6.07) is 11.3. The number of para-hydroxylation sites is 1. The fourth-order valence-electron chi connectivity index (χ4n) is 3.55. The summed E-state index contributed by atoms with van der Waals surface area (Å²) in [6.07, 6.45) is 0. The fourth-order valence-corrected chi connectivity index (χ4v) is 3.67. The topological polar surface area (TPSA) is 99.0 Å². The quantitative estimate of drug-likeness (QED) is 0.536. The van der Waals surface area contributed by atoms with Crippen LogP contribution >= 0.6 is 11.6 Å². The number of hydrogen-bond donors (Lipinski definition) is 2. The van der Waals surface area contributed by atoms with Crippen LogP contribution in [0.1, 0.15) is 24.2 Å². The van der Waals surface area contributed by atoms with Crippen LogP contribution in [0.15, 0.2) is 42.5 Å². The van der Waals surface area contributed by atoms with Crippen LogP contribution in [-0.4, -0.2) is 59.2 Å². The number of hydrogen-bond acceptors (Lipinski definition) is 6. The van der Waals surface area contributed by atoms with Gasteiger partial charge in [-0.2, -0.15) is 0 Å². The lowest BCUT2D eigenvalue weighted by atomic mass is 10.0. The van der Waals surface area contributed by atoms with E-state index in [1.165, 1.54) is 6.07 Å². The molecule has 0 unspecified atom stereocenters. The maximum atomic E-state index is 12.8. The number of nitro groups is 1. The molecule has 0 bridgehead atoms. The molecular formula is C21H25ClN4O4. The first kappa shape index (κ1) is 22.0. The van der Waals surface area contributed by atoms with Crippen molar-refractivity contribution in [1.82, 2.24) is 4.90 Å². The minimum Gasteiger partial charge on any atom is -0.394 e. The largest absolute Gasteiger partial charge is 0.394 e. The third kappa shape index (κ3) is 4.72. The molecule has 0 radical (unpaired) electrons. The predicted octanol–water partition coefficient (Wildman–Crippen LogP) is 3.39. The van der Waals surface area contributed by atoms with Crippen molar-refractivity contribution in [3.8, 4) is 0 Å². The van der Waals surface area contributed by atoms with Gasteiger partial charge in [-0.3, -0.25) is 19.8 Å². The predicted molar refractivity (Wildman–Crippen MR) is 117 cm³/mol. The molecule has 9 heteroatoms. The third-order valence-corrected chi connectivity index (χ3v) is 5.66. The Labute approximate surface area is 180 Å². The number of amides is 1. The maximum absolute atomic E-state index is 12.8. The van der Waals surface area contributed by atoms with E-state index >= 15 is 0 Å². The lowest BCUT2D eigenvalue weighted by molar-refractivity contribution is -0.384. The Balaban J connectivity index is 1.84. The summed E-state index contributed by atoms with van der Waals surface area (Å²) in [7, 11) is 0. The number of piperazine rings is 1. The Morgan fingerprint density at radius 2 is 1.80 bits per heavy atom. The van der Waals surface area contributed by atoms with Crippen LogP contribution < -0.4 is 10.2 Å². The number of carbonyl (C=O) groups is 1. The van der Waals surface area contributed by atoms with Gasteiger partial charge in [0, 0.05) is 42.4 Å². The molecular weight excluding hydrogens is 408 g/mol. The number of anilines is 2. The molecule has 1 heterocycles. The number of nitro benzene ring substituents is 1. The maximum Gasteiger partial charge on any atom is 0.305 e. The molecule has 1 fully saturated rings. The van der Waals surface area contributed by atoms with Gasteiger partial charge < -0.3 is 15.3 Å². The van der Waals surface area contributed by atoms with E-state index in [1.807, 2.05) is 18.7 Å². The standard InChI is InChI=1S/C21H25ClN4O4/c1-21(2,14-27)25-12-10-24(11-13-25)18-5-3-4-17(19(18)26(29)30)20(28)23-16-8-6-15(22)7-9-16/h3-9,27H,10-14H2,1-2H3,(H,23,28). The lowest BCUT2D eigenvalue weighted by Crippen LogP contribution is -2.56. The van der Waals surface area contributed by atoms with E-state index in [4.69, 9.17) is 11.6 Å². The minimum atomic E-state index is -0.550. The molecule has 0 spiro atoms. The van der Waals surface area contributed by atoms with Crippen LogP contribution in [0, 0.1) is 10.1 Å². The highest BCUT2D eigenvalue weighted by Gasteiger charge is 2.33. The molecule has 0 aliphatic carbocycles. The van der Waals surface area contributed by atoms with Gasteiger partial charge in [-0.1, -0.05) is 17.7 Å². The van der Waals surface area contributed by atoms with Gasteiger partial charge in [0.15, 0.2) is 0 Å². The average molecular weight is 433 g/mol. The van der Waals surface area contributed by atoms with Gasteiger partial charge >= 0.3 is 5.69 Å². The highest BCUT2D eigenvalue weighted by Crippen LogP contribution is 2.33. The normalized spacial score (nSPS) is 15.1. The van der Waals surface area contributed by atoms with Crippen LogP contribution in [0.3, 0.4) is 0 Å². The molecule has 30 heavy (non-hydrogen) atoms. The van der Waals surface area contributed by atoms with E-state index < -0.39 is 10.8 Å². The summed E-state index contributed by atoms with van der Waals surface area (Å²) in [5, 5.41) is 24.7. The zero-order valence-electron chi connectivity index (χ0n) is 17.0. The molecule has 160 valence electrons. The lowest BCUT2D eigenvalue weighted by Gasteiger charge is -2.43. The molecule has 1 amide bonds. The van der Waals surface area contributed by atoms with E-state index in [0.717, 1.165) is 0 Å². The third-order valence-electron chi connectivity index (χ3n) is 5.41. The minimum absolute atomic E-state index is 0.00516. The number of aliphatic hydroxyl groups is 1. The Bertz CT molecular complexity index is 925. The molecule has 1 aliphatic rings. The second kappa shape index (κ2) is 8.99. The smallest absolute Gasteiger partial charge is 0.305 e. The van der Waals surface area contributed by atoms with Crippen molar-refractivity contribution >= 4 is 34.6 Å². The van der Waals surface area contributed by atoms with Gasteiger partial charge in [-0.25, -0.2) is 0 Å². The van der Waals surface area contributed by atoms with Gasteiger partial charge in [-0.05, 0) is 50.2 Å². The molecule has 2 aromatic carbocycles. The van der Waals surface area contributed by atoms with Gasteiger partial charge in [0.05, 0.1) is 11.5 Å². The highest BCUT2D eigenvalue weighted by atomic mass is 35.5. The fraction of sp³-hybridized carbons (Fsp3) is 0.381. The van der Waals surface area contributed by atoms with Gasteiger partial charge in [0.25, 0.3) is 5.91 Å². The van der Waals surface area contributed by atoms with Gasteiger partial charge in [-0.15, -0.1) is 0 Å². The summed E-state index contributed by atoms with van der Waals surface area (Å²) in [5.41, 5.74) is 0.372. The summed E-state index contributed by atoms with van der Waals surface area (Å²) in [6.45, 7) is 6.41. The molecule has 8 nitrogen and oxygen atoms in total. The van der Waals surface area contributed by atoms with Crippen LogP contribution in [-0.2, 0) is 0 Å². The number of carbonyl (C=O) groups excluding carboxylic acids is 1. The van der Waals surface area contributed by atoms with E-state index in [9.17, 15) is 20.0 Å². The van der Waals surface area contributed by atoms with Crippen molar-refractivity contribution in [1.29, 1.82) is 0 Å². The van der Waals surface area contributed by atoms with Crippen molar-refractivity contribution in [3.05, 3.63) is 63.2 Å². The highest BCUT2D eigenvalue weighted by molar-refractivity contribution is 6.30. The van der Waals surface area contributed by atoms with Crippen molar-refractivity contribution < 1.29 is 14.8 Å². The van der Waals surface area contributed by atoms with E-state index in [2.05, 4.69) is 10.2 Å². The SMILES string of the molecule is CC(C)(CO)N1CCN(c2cccc(C(=O)Nc3ccc(Cl)cc3)c2[N+](=O)[O-])CC1. The summed E-state index contributed by atoms with van der Waals surface area (Å²) in [4.78, 5) is 28.2. The summed E-state index contributed by atoms with van der Waals surface area (Å²) >= 11 is 5.86. The Hall–Kier alpha value is -2.68. The first-order chi connectivity index (χ1) is 14.2. The Morgan fingerprint density at radius 3 is 2.37 bits per heavy atom. The van der Waals surface area contributed by atoms with Crippen molar-refractivity contribution in [2.75, 3.05) is 43.0 Å². The van der Waals surface area contributed by atoms with Crippen LogP contribution in [0.5, 0.6) is 0 Å². The number of nitrogens with one attached hydrogen (secondary N) is 1. The Morgan fingerprint density at radius 1 is 1.17 bits per heavy atom. The zero-order chi connectivity index (χ0) is 21.9. The molecule has 0 atom stereocenters. The number of nitrogens with zero attached hydrogens (tertiary/aromatic N) is 3. The number of aliphatic hydroxyl groups excluding tert-OH is 1. The summed E-state index contributed by atoms with van der Waals surface area (Å²) < 4.78 is 0. The molecule has 3 rings (SSSR count). The average Bonchev–Trinajstić information content (AvgIpc) is 2.74. The first-order valence-electron chi connectivity index (χ1n) is 9.68. The second-order valence-electron chi connectivity index (χ2n) is 7.84. The molecule has 2 aromatic rings. The van der Waals surface area contributed by atoms with Crippen LogP contribution in [0.25, 0.3) is 0 Å². The van der Waals surface area contributed by atoms with Crippen molar-refractivity contribution in [2.24, 2.45) is 0 Å². The van der Waals surface area contributed by atoms with Crippen molar-refractivity contribution in [3.63, 3.8) is 0 Å². The molecule has 0 saturated carbocycles. The second-order valence-corrected chi connectivity index (χ2v) is 8.27. The van der Waals surface area contributed by atoms with E-state index in [-0.39, 0.29) is 23.4 Å². The van der Waals surface area contributed by atoms with Gasteiger partial charge in [0.1, 0.15) is 11.3 Å². The molecule has 1 aliphatic heterocycles. The molecule has 0 aromatic heterocycles.